The van der Waals surface area contributed by atoms with Crippen LogP contribution in [0.3, 0.4) is 0 Å². The van der Waals surface area contributed by atoms with Gasteiger partial charge in [-0.1, -0.05) is 30.3 Å². The molecule has 0 aliphatic heterocycles. The van der Waals surface area contributed by atoms with E-state index in [1.54, 1.807) is 0 Å². The largest absolute Gasteiger partial charge is 0.264 e. The van der Waals surface area contributed by atoms with E-state index in [-0.39, 0.29) is 0 Å². The monoisotopic (exact) mass is 234 g/mol. The number of fused-ring (bicyclic) bond motifs is 1. The molecule has 3 rings (SSSR count). The van der Waals surface area contributed by atoms with E-state index in [0.717, 1.165) is 18.4 Å². The van der Waals surface area contributed by atoms with Gasteiger partial charge in [0.1, 0.15) is 0 Å². The van der Waals surface area contributed by atoms with E-state index in [9.17, 15) is 0 Å². The zero-order valence-corrected chi connectivity index (χ0v) is 10.1. The number of aryl methyl sites for hydroxylation is 2. The highest BCUT2D eigenvalue weighted by Gasteiger charge is 2.02. The Bertz CT molecular complexity index is 642. The van der Waals surface area contributed by atoms with Crippen LogP contribution in [0.1, 0.15) is 11.1 Å². The van der Waals surface area contributed by atoms with Crippen LogP contribution in [0.2, 0.25) is 0 Å². The summed E-state index contributed by atoms with van der Waals surface area (Å²) in [6, 6.07) is 14.6. The quantitative estimate of drug-likeness (QED) is 0.694. The fourth-order valence-corrected chi connectivity index (χ4v) is 2.19. The second-order valence-electron chi connectivity index (χ2n) is 4.35. The van der Waals surface area contributed by atoms with Crippen molar-refractivity contribution in [1.82, 2.24) is 9.97 Å². The Balaban J connectivity index is 1.87. The SMILES string of the molecule is c1cncc(CCc2cccc3cccnc23)c1. The summed E-state index contributed by atoms with van der Waals surface area (Å²) in [6.45, 7) is 0. The van der Waals surface area contributed by atoms with Crippen molar-refractivity contribution in [2.45, 2.75) is 12.8 Å². The third kappa shape index (κ3) is 2.23. The minimum atomic E-state index is 1.00. The number of nitrogens with zero attached hydrogens (tertiary/aromatic N) is 2. The molecule has 0 N–H and O–H groups in total. The van der Waals surface area contributed by atoms with Crippen molar-refractivity contribution in [3.63, 3.8) is 0 Å². The molecule has 2 aromatic heterocycles. The lowest BCUT2D eigenvalue weighted by atomic mass is 10.0. The second kappa shape index (κ2) is 4.96. The first-order valence-corrected chi connectivity index (χ1v) is 6.15. The van der Waals surface area contributed by atoms with Crippen LogP contribution in [0.4, 0.5) is 0 Å². The van der Waals surface area contributed by atoms with Crippen molar-refractivity contribution in [1.29, 1.82) is 0 Å². The Morgan fingerprint density at radius 2 is 1.72 bits per heavy atom. The molecule has 0 bridgehead atoms. The first-order valence-electron chi connectivity index (χ1n) is 6.15. The van der Waals surface area contributed by atoms with E-state index in [1.165, 1.54) is 16.5 Å². The summed E-state index contributed by atoms with van der Waals surface area (Å²) in [5.74, 6) is 0. The van der Waals surface area contributed by atoms with Gasteiger partial charge < -0.3 is 0 Å². The molecule has 0 amide bonds. The third-order valence-corrected chi connectivity index (χ3v) is 3.12. The molecule has 88 valence electrons. The second-order valence-corrected chi connectivity index (χ2v) is 4.35. The number of aromatic nitrogens is 2. The maximum atomic E-state index is 4.48. The highest BCUT2D eigenvalue weighted by Crippen LogP contribution is 2.17. The van der Waals surface area contributed by atoms with Gasteiger partial charge in [-0.15, -0.1) is 0 Å². The first kappa shape index (κ1) is 10.9. The van der Waals surface area contributed by atoms with Crippen LogP contribution < -0.4 is 0 Å². The Morgan fingerprint density at radius 3 is 2.61 bits per heavy atom. The molecule has 2 heteroatoms. The van der Waals surface area contributed by atoms with Crippen LogP contribution in [0.5, 0.6) is 0 Å². The number of rotatable bonds is 3. The summed E-state index contributed by atoms with van der Waals surface area (Å²) in [4.78, 5) is 8.62. The minimum absolute atomic E-state index is 1.00. The standard InChI is InChI=1S/C16H14N2/c1-5-14-7-3-11-18-16(14)15(6-1)9-8-13-4-2-10-17-12-13/h1-7,10-12H,8-9H2. The molecule has 0 saturated carbocycles. The van der Waals surface area contributed by atoms with Crippen molar-refractivity contribution in [2.75, 3.05) is 0 Å². The van der Waals surface area contributed by atoms with Crippen LogP contribution in [0.15, 0.2) is 61.1 Å². The van der Waals surface area contributed by atoms with Crippen molar-refractivity contribution < 1.29 is 0 Å². The molecule has 2 nitrogen and oxygen atoms in total. The smallest absolute Gasteiger partial charge is 0.0733 e. The Morgan fingerprint density at radius 1 is 0.833 bits per heavy atom. The van der Waals surface area contributed by atoms with Gasteiger partial charge in [0, 0.05) is 24.0 Å². The van der Waals surface area contributed by atoms with Gasteiger partial charge in [0.25, 0.3) is 0 Å². The lowest BCUT2D eigenvalue weighted by molar-refractivity contribution is 0.954. The highest BCUT2D eigenvalue weighted by atomic mass is 14.6. The predicted molar refractivity (Wildman–Crippen MR) is 73.4 cm³/mol. The molecule has 0 radical (unpaired) electrons. The van der Waals surface area contributed by atoms with Gasteiger partial charge in [-0.05, 0) is 36.1 Å². The molecule has 0 spiro atoms. The van der Waals surface area contributed by atoms with Gasteiger partial charge in [0.2, 0.25) is 0 Å². The van der Waals surface area contributed by atoms with Gasteiger partial charge in [-0.3, -0.25) is 9.97 Å². The fraction of sp³-hybridized carbons (Fsp3) is 0.125. The maximum absolute atomic E-state index is 4.48. The zero-order chi connectivity index (χ0) is 12.2. The molecule has 18 heavy (non-hydrogen) atoms. The van der Waals surface area contributed by atoms with Gasteiger partial charge in [0.05, 0.1) is 5.52 Å². The Hall–Kier alpha value is -2.22. The van der Waals surface area contributed by atoms with Crippen molar-refractivity contribution in [3.8, 4) is 0 Å². The van der Waals surface area contributed by atoms with Gasteiger partial charge in [-0.25, -0.2) is 0 Å². The lowest BCUT2D eigenvalue weighted by Crippen LogP contribution is -1.94. The van der Waals surface area contributed by atoms with Gasteiger partial charge in [0.15, 0.2) is 0 Å². The van der Waals surface area contributed by atoms with E-state index in [0.29, 0.717) is 0 Å². The fourth-order valence-electron chi connectivity index (χ4n) is 2.19. The molecule has 0 aliphatic rings. The normalized spacial score (nSPS) is 10.7. The van der Waals surface area contributed by atoms with E-state index >= 15 is 0 Å². The molecule has 0 atom stereocenters. The summed E-state index contributed by atoms with van der Waals surface area (Å²) < 4.78 is 0. The number of para-hydroxylation sites is 1. The number of benzene rings is 1. The van der Waals surface area contributed by atoms with Crippen LogP contribution >= 0.6 is 0 Å². The first-order chi connectivity index (χ1) is 8.93. The Labute approximate surface area is 106 Å². The van der Waals surface area contributed by atoms with E-state index in [1.807, 2.05) is 30.7 Å². The summed E-state index contributed by atoms with van der Waals surface area (Å²) in [7, 11) is 0. The summed E-state index contributed by atoms with van der Waals surface area (Å²) >= 11 is 0. The average Bonchev–Trinajstić information content (AvgIpc) is 2.46. The molecule has 0 aliphatic carbocycles. The number of hydrogen-bond acceptors (Lipinski definition) is 2. The minimum Gasteiger partial charge on any atom is -0.264 e. The number of pyridine rings is 2. The molecular formula is C16H14N2. The molecule has 0 fully saturated rings. The van der Waals surface area contributed by atoms with Crippen molar-refractivity contribution in [2.24, 2.45) is 0 Å². The lowest BCUT2D eigenvalue weighted by Gasteiger charge is -2.05. The van der Waals surface area contributed by atoms with E-state index < -0.39 is 0 Å². The van der Waals surface area contributed by atoms with Crippen LogP contribution in [-0.2, 0) is 12.8 Å². The van der Waals surface area contributed by atoms with Gasteiger partial charge in [-0.2, -0.15) is 0 Å². The average molecular weight is 234 g/mol. The van der Waals surface area contributed by atoms with Crippen LogP contribution in [0, 0.1) is 0 Å². The molecule has 2 heterocycles. The van der Waals surface area contributed by atoms with Crippen molar-refractivity contribution in [3.05, 3.63) is 72.2 Å². The predicted octanol–water partition coefficient (Wildman–Crippen LogP) is 3.42. The topological polar surface area (TPSA) is 25.8 Å². The summed E-state index contributed by atoms with van der Waals surface area (Å²) in [6.07, 6.45) is 7.60. The van der Waals surface area contributed by atoms with Crippen LogP contribution in [0.25, 0.3) is 10.9 Å². The van der Waals surface area contributed by atoms with Crippen LogP contribution in [-0.4, -0.2) is 9.97 Å². The summed E-state index contributed by atoms with van der Waals surface area (Å²) in [5, 5.41) is 1.21. The number of hydrogen-bond donors (Lipinski definition) is 0. The zero-order valence-electron chi connectivity index (χ0n) is 10.1. The molecule has 3 aromatic rings. The molecule has 0 saturated heterocycles. The maximum Gasteiger partial charge on any atom is 0.0733 e. The van der Waals surface area contributed by atoms with Gasteiger partial charge >= 0.3 is 0 Å². The van der Waals surface area contributed by atoms with E-state index in [4.69, 9.17) is 0 Å². The van der Waals surface area contributed by atoms with Crippen molar-refractivity contribution >= 4 is 10.9 Å². The van der Waals surface area contributed by atoms with E-state index in [2.05, 4.69) is 40.3 Å². The molecule has 0 unspecified atom stereocenters. The summed E-state index contributed by atoms with van der Waals surface area (Å²) in [5.41, 5.74) is 3.69. The molecular weight excluding hydrogens is 220 g/mol. The third-order valence-electron chi connectivity index (χ3n) is 3.12. The molecule has 1 aromatic carbocycles. The highest BCUT2D eigenvalue weighted by molar-refractivity contribution is 5.81. The Kier molecular flexibility index (Phi) is 3.01.